The number of nitrogens with zero attached hydrogens (tertiary/aromatic N) is 2. The van der Waals surface area contributed by atoms with Gasteiger partial charge < -0.3 is 0 Å². The molecular formula is C16H26N2. The Balaban J connectivity index is 1.81. The molecule has 2 heteroatoms. The standard InChI is InChI=1S/C16H26N2/c1-4-15(3)18-11-9-17(10-12-18)13-16-7-5-14(2)6-8-16/h5-8,15H,4,9-13H2,1-3H3/t15-/m0/s1. The van der Waals surface area contributed by atoms with E-state index < -0.39 is 0 Å². The van der Waals surface area contributed by atoms with Crippen molar-refractivity contribution in [1.82, 2.24) is 9.80 Å². The third-order valence-electron chi connectivity index (χ3n) is 4.15. The summed E-state index contributed by atoms with van der Waals surface area (Å²) < 4.78 is 0. The van der Waals surface area contributed by atoms with E-state index in [-0.39, 0.29) is 0 Å². The van der Waals surface area contributed by atoms with Gasteiger partial charge in [0.15, 0.2) is 0 Å². The van der Waals surface area contributed by atoms with Crippen LogP contribution in [0.15, 0.2) is 24.3 Å². The first kappa shape index (κ1) is 13.6. The van der Waals surface area contributed by atoms with E-state index in [1.807, 2.05) is 0 Å². The lowest BCUT2D eigenvalue weighted by Gasteiger charge is -2.37. The van der Waals surface area contributed by atoms with Gasteiger partial charge >= 0.3 is 0 Å². The highest BCUT2D eigenvalue weighted by Crippen LogP contribution is 2.12. The van der Waals surface area contributed by atoms with Crippen LogP contribution in [0.3, 0.4) is 0 Å². The Morgan fingerprint density at radius 1 is 1.06 bits per heavy atom. The van der Waals surface area contributed by atoms with Gasteiger partial charge in [-0.3, -0.25) is 9.80 Å². The molecule has 0 aromatic heterocycles. The van der Waals surface area contributed by atoms with E-state index in [9.17, 15) is 0 Å². The molecule has 0 spiro atoms. The van der Waals surface area contributed by atoms with Crippen LogP contribution in [0.5, 0.6) is 0 Å². The van der Waals surface area contributed by atoms with E-state index in [0.29, 0.717) is 0 Å². The van der Waals surface area contributed by atoms with Gasteiger partial charge in [0, 0.05) is 38.8 Å². The van der Waals surface area contributed by atoms with Crippen LogP contribution in [0.25, 0.3) is 0 Å². The molecule has 1 heterocycles. The SMILES string of the molecule is CC[C@H](C)N1CCN(Cc2ccc(C)cc2)CC1. The summed E-state index contributed by atoms with van der Waals surface area (Å²) in [7, 11) is 0. The van der Waals surface area contributed by atoms with Crippen molar-refractivity contribution in [3.8, 4) is 0 Å². The van der Waals surface area contributed by atoms with E-state index in [1.165, 1.54) is 43.7 Å². The van der Waals surface area contributed by atoms with Crippen molar-refractivity contribution in [2.24, 2.45) is 0 Å². The summed E-state index contributed by atoms with van der Waals surface area (Å²) in [4.78, 5) is 5.19. The minimum absolute atomic E-state index is 0.742. The normalized spacial score (nSPS) is 19.9. The lowest BCUT2D eigenvalue weighted by Crippen LogP contribution is -2.48. The fourth-order valence-electron chi connectivity index (χ4n) is 2.57. The zero-order valence-corrected chi connectivity index (χ0v) is 12.0. The Bertz CT molecular complexity index is 350. The first-order valence-corrected chi connectivity index (χ1v) is 7.21. The molecule has 100 valence electrons. The van der Waals surface area contributed by atoms with Gasteiger partial charge in [0.25, 0.3) is 0 Å². The number of benzene rings is 1. The molecule has 0 aliphatic carbocycles. The number of piperazine rings is 1. The second-order valence-electron chi connectivity index (χ2n) is 5.55. The minimum Gasteiger partial charge on any atom is -0.298 e. The summed E-state index contributed by atoms with van der Waals surface area (Å²) in [5.74, 6) is 0. The maximum absolute atomic E-state index is 2.62. The smallest absolute Gasteiger partial charge is 0.0234 e. The fraction of sp³-hybridized carbons (Fsp3) is 0.625. The van der Waals surface area contributed by atoms with Crippen LogP contribution in [-0.2, 0) is 6.54 Å². The van der Waals surface area contributed by atoms with Gasteiger partial charge in [-0.05, 0) is 25.8 Å². The van der Waals surface area contributed by atoms with Crippen LogP contribution in [-0.4, -0.2) is 42.0 Å². The lowest BCUT2D eigenvalue weighted by molar-refractivity contribution is 0.0964. The van der Waals surface area contributed by atoms with Crippen LogP contribution in [0.4, 0.5) is 0 Å². The van der Waals surface area contributed by atoms with E-state index in [4.69, 9.17) is 0 Å². The Morgan fingerprint density at radius 3 is 2.22 bits per heavy atom. The molecule has 0 amide bonds. The Morgan fingerprint density at radius 2 is 1.67 bits per heavy atom. The van der Waals surface area contributed by atoms with Gasteiger partial charge in [0.1, 0.15) is 0 Å². The first-order valence-electron chi connectivity index (χ1n) is 7.21. The molecule has 1 saturated heterocycles. The van der Waals surface area contributed by atoms with Crippen molar-refractivity contribution >= 4 is 0 Å². The average Bonchev–Trinajstić information content (AvgIpc) is 2.41. The Kier molecular flexibility index (Phi) is 4.79. The van der Waals surface area contributed by atoms with Crippen LogP contribution in [0.2, 0.25) is 0 Å². The average molecular weight is 246 g/mol. The molecule has 1 aliphatic rings. The summed E-state index contributed by atoms with van der Waals surface area (Å²) in [6.45, 7) is 12.7. The predicted octanol–water partition coefficient (Wildman–Crippen LogP) is 2.91. The van der Waals surface area contributed by atoms with E-state index >= 15 is 0 Å². The van der Waals surface area contributed by atoms with Gasteiger partial charge in [-0.15, -0.1) is 0 Å². The highest BCUT2D eigenvalue weighted by molar-refractivity contribution is 5.21. The van der Waals surface area contributed by atoms with Crippen molar-refractivity contribution in [3.63, 3.8) is 0 Å². The van der Waals surface area contributed by atoms with E-state index in [1.54, 1.807) is 0 Å². The molecule has 0 saturated carbocycles. The molecule has 18 heavy (non-hydrogen) atoms. The molecule has 1 fully saturated rings. The maximum atomic E-state index is 2.62. The highest BCUT2D eigenvalue weighted by atomic mass is 15.3. The molecule has 1 aromatic rings. The van der Waals surface area contributed by atoms with Crippen molar-refractivity contribution < 1.29 is 0 Å². The molecule has 1 aromatic carbocycles. The van der Waals surface area contributed by atoms with Crippen molar-refractivity contribution in [2.45, 2.75) is 39.8 Å². The second-order valence-corrected chi connectivity index (χ2v) is 5.55. The highest BCUT2D eigenvalue weighted by Gasteiger charge is 2.19. The maximum Gasteiger partial charge on any atom is 0.0234 e. The molecule has 0 unspecified atom stereocenters. The first-order chi connectivity index (χ1) is 8.69. The number of aryl methyl sites for hydroxylation is 1. The monoisotopic (exact) mass is 246 g/mol. The van der Waals surface area contributed by atoms with Crippen LogP contribution in [0.1, 0.15) is 31.4 Å². The Labute approximate surface area is 112 Å². The minimum atomic E-state index is 0.742. The van der Waals surface area contributed by atoms with Crippen LogP contribution >= 0.6 is 0 Å². The van der Waals surface area contributed by atoms with Gasteiger partial charge in [-0.25, -0.2) is 0 Å². The quantitative estimate of drug-likeness (QED) is 0.806. The molecule has 0 N–H and O–H groups in total. The summed E-state index contributed by atoms with van der Waals surface area (Å²) in [5, 5.41) is 0. The lowest BCUT2D eigenvalue weighted by atomic mass is 10.1. The number of hydrogen-bond donors (Lipinski definition) is 0. The summed E-state index contributed by atoms with van der Waals surface area (Å²) in [6.07, 6.45) is 1.26. The van der Waals surface area contributed by atoms with E-state index in [2.05, 4.69) is 54.8 Å². The predicted molar refractivity (Wildman–Crippen MR) is 77.8 cm³/mol. The molecule has 0 bridgehead atoms. The van der Waals surface area contributed by atoms with Crippen molar-refractivity contribution in [1.29, 1.82) is 0 Å². The summed E-state index contributed by atoms with van der Waals surface area (Å²) >= 11 is 0. The summed E-state index contributed by atoms with van der Waals surface area (Å²) in [6, 6.07) is 9.69. The summed E-state index contributed by atoms with van der Waals surface area (Å²) in [5.41, 5.74) is 2.79. The van der Waals surface area contributed by atoms with Gasteiger partial charge in [-0.2, -0.15) is 0 Å². The van der Waals surface area contributed by atoms with Crippen molar-refractivity contribution in [3.05, 3.63) is 35.4 Å². The topological polar surface area (TPSA) is 6.48 Å². The molecule has 2 nitrogen and oxygen atoms in total. The largest absolute Gasteiger partial charge is 0.298 e. The third-order valence-corrected chi connectivity index (χ3v) is 4.15. The molecule has 1 aliphatic heterocycles. The Hall–Kier alpha value is -0.860. The zero-order chi connectivity index (χ0) is 13.0. The second kappa shape index (κ2) is 6.35. The molecular weight excluding hydrogens is 220 g/mol. The van der Waals surface area contributed by atoms with Gasteiger partial charge in [-0.1, -0.05) is 36.8 Å². The third kappa shape index (κ3) is 3.56. The van der Waals surface area contributed by atoms with Gasteiger partial charge in [0.05, 0.1) is 0 Å². The molecule has 1 atom stereocenters. The number of hydrogen-bond acceptors (Lipinski definition) is 2. The van der Waals surface area contributed by atoms with Gasteiger partial charge in [0.2, 0.25) is 0 Å². The van der Waals surface area contributed by atoms with Crippen LogP contribution in [0, 0.1) is 6.92 Å². The van der Waals surface area contributed by atoms with Crippen molar-refractivity contribution in [2.75, 3.05) is 26.2 Å². The molecule has 0 radical (unpaired) electrons. The fourth-order valence-corrected chi connectivity index (χ4v) is 2.57. The molecule has 2 rings (SSSR count). The van der Waals surface area contributed by atoms with Crippen LogP contribution < -0.4 is 0 Å². The zero-order valence-electron chi connectivity index (χ0n) is 12.0. The number of rotatable bonds is 4. The van der Waals surface area contributed by atoms with E-state index in [0.717, 1.165) is 12.6 Å².